The number of anilines is 1. The Bertz CT molecular complexity index is 1140. The summed E-state index contributed by atoms with van der Waals surface area (Å²) in [6, 6.07) is 9.98. The molecule has 0 saturated carbocycles. The summed E-state index contributed by atoms with van der Waals surface area (Å²) in [5, 5.41) is 11.8. The molecule has 164 valence electrons. The molecule has 1 N–H and O–H groups in total. The van der Waals surface area contributed by atoms with E-state index >= 15 is 0 Å². The van der Waals surface area contributed by atoms with Gasteiger partial charge in [0.15, 0.2) is 0 Å². The van der Waals surface area contributed by atoms with Crippen LogP contribution in [0.1, 0.15) is 24.0 Å². The van der Waals surface area contributed by atoms with Crippen LogP contribution in [0.3, 0.4) is 0 Å². The highest BCUT2D eigenvalue weighted by Crippen LogP contribution is 2.32. The molecule has 2 aromatic rings. The Hall–Kier alpha value is -2.61. The smallest absolute Gasteiger partial charge is 0.326 e. The molecule has 0 bridgehead atoms. The van der Waals surface area contributed by atoms with E-state index in [-0.39, 0.29) is 42.4 Å². The van der Waals surface area contributed by atoms with E-state index in [1.165, 1.54) is 18.2 Å². The van der Waals surface area contributed by atoms with Crippen LogP contribution in [0.25, 0.3) is 0 Å². The van der Waals surface area contributed by atoms with Crippen LogP contribution in [0, 0.1) is 17.2 Å². The molecule has 0 atom stereocenters. The van der Waals surface area contributed by atoms with Gasteiger partial charge in [0.05, 0.1) is 21.0 Å². The highest BCUT2D eigenvalue weighted by Gasteiger charge is 2.35. The van der Waals surface area contributed by atoms with Crippen molar-refractivity contribution in [2.75, 3.05) is 18.4 Å². The third-order valence-electron chi connectivity index (χ3n) is 4.98. The van der Waals surface area contributed by atoms with E-state index < -0.39 is 32.6 Å². The molecule has 1 heterocycles. The maximum Gasteiger partial charge on any atom is 0.416 e. The zero-order valence-electron chi connectivity index (χ0n) is 16.0. The highest BCUT2D eigenvalue weighted by molar-refractivity contribution is 7.89. The molecular weight excluding hydrogens is 455 g/mol. The molecule has 0 unspecified atom stereocenters. The number of carbonyl (C=O) groups is 1. The van der Waals surface area contributed by atoms with Crippen molar-refractivity contribution in [3.05, 3.63) is 58.6 Å². The van der Waals surface area contributed by atoms with E-state index in [4.69, 9.17) is 16.9 Å². The third kappa shape index (κ3) is 5.18. The van der Waals surface area contributed by atoms with E-state index in [0.29, 0.717) is 11.8 Å². The Morgan fingerprint density at radius 2 is 1.84 bits per heavy atom. The number of carbonyl (C=O) groups excluding carboxylic acids is 1. The molecule has 0 aromatic heterocycles. The van der Waals surface area contributed by atoms with Crippen molar-refractivity contribution in [3.63, 3.8) is 0 Å². The van der Waals surface area contributed by atoms with Gasteiger partial charge in [-0.25, -0.2) is 8.42 Å². The maximum absolute atomic E-state index is 12.9. The van der Waals surface area contributed by atoms with Crippen molar-refractivity contribution >= 4 is 33.2 Å². The zero-order valence-corrected chi connectivity index (χ0v) is 17.6. The number of alkyl halides is 3. The fraction of sp³-hybridized carbons (Fsp3) is 0.300. The number of hydrogen-bond donors (Lipinski definition) is 1. The SMILES string of the molecule is N#Cc1ccc(NC(=O)C2CCN(S(=O)(=O)c3cccc(C(F)(F)F)c3)CC2)cc1Cl. The lowest BCUT2D eigenvalue weighted by molar-refractivity contribution is -0.137. The number of halogens is 4. The van der Waals surface area contributed by atoms with Crippen molar-refractivity contribution in [3.8, 4) is 6.07 Å². The van der Waals surface area contributed by atoms with Crippen molar-refractivity contribution in [2.45, 2.75) is 23.9 Å². The number of nitrogens with zero attached hydrogens (tertiary/aromatic N) is 2. The molecule has 1 saturated heterocycles. The van der Waals surface area contributed by atoms with Gasteiger partial charge >= 0.3 is 6.18 Å². The molecular formula is C20H17ClF3N3O3S. The summed E-state index contributed by atoms with van der Waals surface area (Å²) in [4.78, 5) is 12.1. The first-order valence-corrected chi connectivity index (χ1v) is 11.0. The Labute approximate surface area is 182 Å². The van der Waals surface area contributed by atoms with E-state index in [9.17, 15) is 26.4 Å². The first-order valence-electron chi connectivity index (χ1n) is 9.20. The van der Waals surface area contributed by atoms with Gasteiger partial charge in [0.25, 0.3) is 0 Å². The molecule has 31 heavy (non-hydrogen) atoms. The van der Waals surface area contributed by atoms with Gasteiger partial charge < -0.3 is 5.32 Å². The van der Waals surface area contributed by atoms with Gasteiger partial charge in [-0.05, 0) is 49.2 Å². The van der Waals surface area contributed by atoms with E-state index in [2.05, 4.69) is 5.32 Å². The minimum atomic E-state index is -4.65. The van der Waals surface area contributed by atoms with Crippen LogP contribution in [0.15, 0.2) is 47.4 Å². The standard InChI is InChI=1S/C20H17ClF3N3O3S/c21-18-11-16(5-4-14(18)12-25)26-19(28)13-6-8-27(9-7-13)31(29,30)17-3-1-2-15(10-17)20(22,23)24/h1-5,10-11,13H,6-9H2,(H,26,28). The predicted octanol–water partition coefficient (Wildman–Crippen LogP) is 4.27. The molecule has 1 aliphatic heterocycles. The molecule has 0 radical (unpaired) electrons. The van der Waals surface area contributed by atoms with E-state index in [1.54, 1.807) is 0 Å². The largest absolute Gasteiger partial charge is 0.416 e. The molecule has 11 heteroatoms. The summed E-state index contributed by atoms with van der Waals surface area (Å²) >= 11 is 5.95. The number of piperidine rings is 1. The average molecular weight is 472 g/mol. The van der Waals surface area contributed by atoms with Gasteiger partial charge in [0.2, 0.25) is 15.9 Å². The minimum absolute atomic E-state index is 0.00475. The van der Waals surface area contributed by atoms with Crippen LogP contribution in [-0.2, 0) is 21.0 Å². The summed E-state index contributed by atoms with van der Waals surface area (Å²) in [6.45, 7) is 0.00951. The van der Waals surface area contributed by atoms with Crippen LogP contribution in [0.2, 0.25) is 5.02 Å². The monoisotopic (exact) mass is 471 g/mol. The molecule has 1 fully saturated rings. The van der Waals surface area contributed by atoms with E-state index in [1.807, 2.05) is 6.07 Å². The number of amides is 1. The highest BCUT2D eigenvalue weighted by atomic mass is 35.5. The summed E-state index contributed by atoms with van der Waals surface area (Å²) in [6.07, 6.45) is -4.22. The van der Waals surface area contributed by atoms with Crippen LogP contribution < -0.4 is 5.32 Å². The van der Waals surface area contributed by atoms with Crippen molar-refractivity contribution < 1.29 is 26.4 Å². The normalized spacial score (nSPS) is 16.0. The second-order valence-corrected chi connectivity index (χ2v) is 9.34. The van der Waals surface area contributed by atoms with Crippen LogP contribution in [-0.4, -0.2) is 31.7 Å². The number of rotatable bonds is 4. The van der Waals surface area contributed by atoms with E-state index in [0.717, 1.165) is 22.5 Å². The molecule has 0 aliphatic carbocycles. The quantitative estimate of drug-likeness (QED) is 0.721. The first-order chi connectivity index (χ1) is 14.5. The molecule has 2 aromatic carbocycles. The number of benzene rings is 2. The molecule has 6 nitrogen and oxygen atoms in total. The van der Waals surface area contributed by atoms with Gasteiger partial charge in [-0.1, -0.05) is 17.7 Å². The zero-order chi connectivity index (χ0) is 22.8. The summed E-state index contributed by atoms with van der Waals surface area (Å²) in [7, 11) is -4.11. The number of nitriles is 1. The molecule has 0 spiro atoms. The van der Waals surface area contributed by atoms with Crippen molar-refractivity contribution in [1.82, 2.24) is 4.31 Å². The Balaban J connectivity index is 1.65. The number of sulfonamides is 1. The van der Waals surface area contributed by atoms with Crippen molar-refractivity contribution in [2.24, 2.45) is 5.92 Å². The van der Waals surface area contributed by atoms with Gasteiger partial charge in [-0.15, -0.1) is 0 Å². The first kappa shape index (κ1) is 23.1. The van der Waals surface area contributed by atoms with Crippen LogP contribution in [0.5, 0.6) is 0 Å². The molecule has 3 rings (SSSR count). The van der Waals surface area contributed by atoms with Gasteiger partial charge in [-0.3, -0.25) is 4.79 Å². The fourth-order valence-electron chi connectivity index (χ4n) is 3.27. The van der Waals surface area contributed by atoms with Crippen LogP contribution in [0.4, 0.5) is 18.9 Å². The lowest BCUT2D eigenvalue weighted by atomic mass is 9.97. The van der Waals surface area contributed by atoms with Crippen molar-refractivity contribution in [1.29, 1.82) is 5.26 Å². The number of hydrogen-bond acceptors (Lipinski definition) is 4. The Kier molecular flexibility index (Phi) is 6.59. The second kappa shape index (κ2) is 8.86. The molecule has 1 amide bonds. The summed E-state index contributed by atoms with van der Waals surface area (Å²) in [5.74, 6) is -0.792. The molecule has 1 aliphatic rings. The predicted molar refractivity (Wildman–Crippen MR) is 108 cm³/mol. The van der Waals surface area contributed by atoms with Gasteiger partial charge in [0, 0.05) is 24.7 Å². The third-order valence-corrected chi connectivity index (χ3v) is 7.19. The summed E-state index contributed by atoms with van der Waals surface area (Å²) < 4.78 is 65.3. The lowest BCUT2D eigenvalue weighted by Gasteiger charge is -2.30. The van der Waals surface area contributed by atoms with Crippen LogP contribution >= 0.6 is 11.6 Å². The van der Waals surface area contributed by atoms with Gasteiger partial charge in [0.1, 0.15) is 6.07 Å². The Morgan fingerprint density at radius 1 is 1.16 bits per heavy atom. The minimum Gasteiger partial charge on any atom is -0.326 e. The van der Waals surface area contributed by atoms with Gasteiger partial charge in [-0.2, -0.15) is 22.7 Å². The average Bonchev–Trinajstić information content (AvgIpc) is 2.73. The maximum atomic E-state index is 12.9. The Morgan fingerprint density at radius 3 is 2.42 bits per heavy atom. The fourth-order valence-corrected chi connectivity index (χ4v) is 5.01. The second-order valence-electron chi connectivity index (χ2n) is 7.00. The topological polar surface area (TPSA) is 90.3 Å². The number of nitrogens with one attached hydrogen (secondary N) is 1. The summed E-state index contributed by atoms with van der Waals surface area (Å²) in [5.41, 5.74) is -0.357. The lowest BCUT2D eigenvalue weighted by Crippen LogP contribution is -2.41.